The van der Waals surface area contributed by atoms with Gasteiger partial charge in [0.15, 0.2) is 0 Å². The summed E-state index contributed by atoms with van der Waals surface area (Å²) in [6, 6.07) is 0. The number of rotatable bonds is 6. The predicted molar refractivity (Wildman–Crippen MR) is 45.3 cm³/mol. The molecule has 0 bridgehead atoms. The quantitative estimate of drug-likeness (QED) is 0.461. The minimum absolute atomic E-state index is 0.380. The second kappa shape index (κ2) is 5.03. The Hall–Kier alpha value is -0.690. The van der Waals surface area contributed by atoms with Crippen LogP contribution in [0.2, 0.25) is 0 Å². The molecule has 0 aromatic heterocycles. The van der Waals surface area contributed by atoms with E-state index in [0.717, 1.165) is 18.9 Å². The molecule has 0 radical (unpaired) electrons. The monoisotopic (exact) mass is 176 g/mol. The smallest absolute Gasteiger partial charge is 0.425 e. The molecule has 64 valence electrons. The highest BCUT2D eigenvalue weighted by Gasteiger charge is 2.22. The van der Waals surface area contributed by atoms with Crippen LogP contribution in [0.15, 0.2) is 25.7 Å². The van der Waals surface area contributed by atoms with E-state index in [4.69, 9.17) is 9.05 Å². The van der Waals surface area contributed by atoms with Crippen molar-refractivity contribution in [3.05, 3.63) is 25.7 Å². The minimum atomic E-state index is -2.96. The second-order valence-corrected chi connectivity index (χ2v) is 3.97. The molecule has 0 saturated carbocycles. The standard InChI is InChI=1S/C7H13O3P/c1-4-7-11(8,9-5-2)10-6-3/h5-6H,2-4,7H2,1H3. The van der Waals surface area contributed by atoms with Gasteiger partial charge in [0.1, 0.15) is 0 Å². The second-order valence-electron chi connectivity index (χ2n) is 1.88. The van der Waals surface area contributed by atoms with Gasteiger partial charge in [0.2, 0.25) is 0 Å². The van der Waals surface area contributed by atoms with Crippen molar-refractivity contribution in [3.63, 3.8) is 0 Å². The number of hydrogen-bond acceptors (Lipinski definition) is 3. The molecule has 0 aliphatic heterocycles. The van der Waals surface area contributed by atoms with Crippen molar-refractivity contribution in [3.8, 4) is 0 Å². The van der Waals surface area contributed by atoms with Gasteiger partial charge in [-0.25, -0.2) is 4.57 Å². The Morgan fingerprint density at radius 3 is 2.09 bits per heavy atom. The Morgan fingerprint density at radius 1 is 1.36 bits per heavy atom. The van der Waals surface area contributed by atoms with E-state index in [2.05, 4.69) is 13.2 Å². The Balaban J connectivity index is 4.11. The molecule has 0 heterocycles. The third-order valence-electron chi connectivity index (χ3n) is 0.968. The minimum Gasteiger partial charge on any atom is -0.425 e. The first-order valence-electron chi connectivity index (χ1n) is 3.36. The van der Waals surface area contributed by atoms with E-state index >= 15 is 0 Å². The molecule has 0 amide bonds. The van der Waals surface area contributed by atoms with E-state index in [1.165, 1.54) is 0 Å². The molecule has 11 heavy (non-hydrogen) atoms. The molecular weight excluding hydrogens is 163 g/mol. The van der Waals surface area contributed by atoms with E-state index in [-0.39, 0.29) is 0 Å². The summed E-state index contributed by atoms with van der Waals surface area (Å²) in [4.78, 5) is 0. The lowest BCUT2D eigenvalue weighted by Gasteiger charge is -2.13. The molecule has 4 heteroatoms. The van der Waals surface area contributed by atoms with Gasteiger partial charge in [-0.05, 0) is 6.42 Å². The molecule has 0 saturated heterocycles. The molecule has 0 atom stereocenters. The van der Waals surface area contributed by atoms with Gasteiger partial charge in [-0.3, -0.25) is 0 Å². The van der Waals surface area contributed by atoms with Crippen LogP contribution in [0.1, 0.15) is 13.3 Å². The zero-order chi connectivity index (χ0) is 8.74. The molecule has 0 aliphatic carbocycles. The highest BCUT2D eigenvalue weighted by molar-refractivity contribution is 7.54. The first-order valence-corrected chi connectivity index (χ1v) is 5.09. The van der Waals surface area contributed by atoms with Crippen LogP contribution in [0.25, 0.3) is 0 Å². The van der Waals surface area contributed by atoms with Gasteiger partial charge in [-0.15, -0.1) is 0 Å². The van der Waals surface area contributed by atoms with Gasteiger partial charge in [0, 0.05) is 0 Å². The molecule has 3 nitrogen and oxygen atoms in total. The predicted octanol–water partition coefficient (Wildman–Crippen LogP) is 2.91. The highest BCUT2D eigenvalue weighted by Crippen LogP contribution is 2.48. The van der Waals surface area contributed by atoms with Gasteiger partial charge in [0.05, 0.1) is 18.7 Å². The lowest BCUT2D eigenvalue weighted by Crippen LogP contribution is -1.91. The molecular formula is C7H13O3P. The summed E-state index contributed by atoms with van der Waals surface area (Å²) in [5.41, 5.74) is 0. The van der Waals surface area contributed by atoms with Gasteiger partial charge < -0.3 is 9.05 Å². The van der Waals surface area contributed by atoms with Crippen molar-refractivity contribution in [1.82, 2.24) is 0 Å². The third-order valence-corrected chi connectivity index (χ3v) is 2.90. The summed E-state index contributed by atoms with van der Waals surface area (Å²) in [7, 11) is -2.96. The van der Waals surface area contributed by atoms with E-state index in [0.29, 0.717) is 6.16 Å². The first kappa shape index (κ1) is 10.3. The maximum absolute atomic E-state index is 11.4. The van der Waals surface area contributed by atoms with Gasteiger partial charge >= 0.3 is 7.60 Å². The summed E-state index contributed by atoms with van der Waals surface area (Å²) >= 11 is 0. The molecule has 0 aliphatic rings. The van der Waals surface area contributed by atoms with Crippen molar-refractivity contribution in [2.24, 2.45) is 0 Å². The zero-order valence-electron chi connectivity index (χ0n) is 6.66. The average molecular weight is 176 g/mol. The SMILES string of the molecule is C=COP(=O)(CCC)OC=C. The topological polar surface area (TPSA) is 35.5 Å². The van der Waals surface area contributed by atoms with Crippen molar-refractivity contribution >= 4 is 7.60 Å². The molecule has 0 aromatic rings. The molecule has 0 aromatic carbocycles. The van der Waals surface area contributed by atoms with Crippen LogP contribution in [-0.2, 0) is 13.6 Å². The Bertz CT molecular complexity index is 163. The maximum Gasteiger partial charge on any atom is 0.429 e. The summed E-state index contributed by atoms with van der Waals surface area (Å²) in [6.07, 6.45) is 3.36. The van der Waals surface area contributed by atoms with Crippen LogP contribution >= 0.6 is 7.60 Å². The van der Waals surface area contributed by atoms with Crippen LogP contribution in [0.4, 0.5) is 0 Å². The Kier molecular flexibility index (Phi) is 4.71. The fourth-order valence-corrected chi connectivity index (χ4v) is 1.89. The highest BCUT2D eigenvalue weighted by atomic mass is 31.2. The van der Waals surface area contributed by atoms with Crippen molar-refractivity contribution in [2.45, 2.75) is 13.3 Å². The van der Waals surface area contributed by atoms with Crippen LogP contribution in [0, 0.1) is 0 Å². The maximum atomic E-state index is 11.4. The van der Waals surface area contributed by atoms with Crippen molar-refractivity contribution < 1.29 is 13.6 Å². The number of hydrogen-bond donors (Lipinski definition) is 0. The lowest BCUT2D eigenvalue weighted by atomic mass is 10.6. The van der Waals surface area contributed by atoms with E-state index in [1.807, 2.05) is 6.92 Å². The average Bonchev–Trinajstić information content (AvgIpc) is 1.88. The van der Waals surface area contributed by atoms with E-state index in [9.17, 15) is 4.57 Å². The third kappa shape index (κ3) is 3.89. The fraction of sp³-hybridized carbons (Fsp3) is 0.429. The van der Waals surface area contributed by atoms with Gasteiger partial charge in [0.25, 0.3) is 0 Å². The molecule has 0 rings (SSSR count). The van der Waals surface area contributed by atoms with Crippen molar-refractivity contribution in [1.29, 1.82) is 0 Å². The first-order chi connectivity index (χ1) is 5.18. The van der Waals surface area contributed by atoms with Crippen LogP contribution in [-0.4, -0.2) is 6.16 Å². The summed E-state index contributed by atoms with van der Waals surface area (Å²) in [5.74, 6) is 0. The Morgan fingerprint density at radius 2 is 1.82 bits per heavy atom. The van der Waals surface area contributed by atoms with Crippen LogP contribution in [0.3, 0.4) is 0 Å². The summed E-state index contributed by atoms with van der Waals surface area (Å²) in [6.45, 7) is 8.50. The molecule has 0 fully saturated rings. The van der Waals surface area contributed by atoms with Crippen LogP contribution < -0.4 is 0 Å². The largest absolute Gasteiger partial charge is 0.429 e. The summed E-state index contributed by atoms with van der Waals surface area (Å²) in [5, 5.41) is 0. The normalized spacial score (nSPS) is 10.3. The van der Waals surface area contributed by atoms with Crippen molar-refractivity contribution in [2.75, 3.05) is 6.16 Å². The van der Waals surface area contributed by atoms with Crippen LogP contribution in [0.5, 0.6) is 0 Å². The molecule has 0 N–H and O–H groups in total. The fourth-order valence-electron chi connectivity index (χ4n) is 0.631. The molecule has 0 unspecified atom stereocenters. The molecule has 0 spiro atoms. The van der Waals surface area contributed by atoms with E-state index in [1.54, 1.807) is 0 Å². The van der Waals surface area contributed by atoms with Gasteiger partial charge in [-0.1, -0.05) is 20.1 Å². The van der Waals surface area contributed by atoms with Gasteiger partial charge in [-0.2, -0.15) is 0 Å². The zero-order valence-corrected chi connectivity index (χ0v) is 7.55. The Labute approximate surface area is 67.2 Å². The van der Waals surface area contributed by atoms with E-state index < -0.39 is 7.60 Å². The lowest BCUT2D eigenvalue weighted by molar-refractivity contribution is 0.328. The summed E-state index contributed by atoms with van der Waals surface area (Å²) < 4.78 is 20.9.